The summed E-state index contributed by atoms with van der Waals surface area (Å²) in [6.45, 7) is 5.72. The van der Waals surface area contributed by atoms with Gasteiger partial charge in [-0.2, -0.15) is 4.31 Å². The molecule has 24 heavy (non-hydrogen) atoms. The molecule has 1 aromatic carbocycles. The fourth-order valence-electron chi connectivity index (χ4n) is 3.34. The lowest BCUT2D eigenvalue weighted by Crippen LogP contribution is -2.46. The molecular weight excluding hydrogens is 355 g/mol. The molecule has 2 saturated heterocycles. The highest BCUT2D eigenvalue weighted by Gasteiger charge is 2.37. The predicted molar refractivity (Wildman–Crippen MR) is 90.3 cm³/mol. The van der Waals surface area contributed by atoms with Gasteiger partial charge in [-0.05, 0) is 37.5 Å². The van der Waals surface area contributed by atoms with Gasteiger partial charge in [-0.15, -0.1) is 0 Å². The summed E-state index contributed by atoms with van der Waals surface area (Å²) in [6.07, 6.45) is 1.65. The van der Waals surface area contributed by atoms with E-state index in [1.54, 1.807) is 6.92 Å². The molecule has 0 radical (unpaired) electrons. The van der Waals surface area contributed by atoms with E-state index in [0.29, 0.717) is 26.3 Å². The lowest BCUT2D eigenvalue weighted by Gasteiger charge is -2.32. The first-order chi connectivity index (χ1) is 11.4. The molecule has 0 bridgehead atoms. The average Bonchev–Trinajstić information content (AvgIpc) is 3.00. The number of aryl methyl sites for hydroxylation is 1. The van der Waals surface area contributed by atoms with Crippen LogP contribution in [0.3, 0.4) is 0 Å². The predicted octanol–water partition coefficient (Wildman–Crippen LogP) is 2.27. The van der Waals surface area contributed by atoms with Gasteiger partial charge in [0.05, 0.1) is 18.2 Å². The Kier molecular flexibility index (Phi) is 5.46. The first-order valence-corrected chi connectivity index (χ1v) is 9.99. The number of benzene rings is 1. The molecule has 1 aromatic rings. The van der Waals surface area contributed by atoms with Gasteiger partial charge in [0, 0.05) is 32.2 Å². The summed E-state index contributed by atoms with van der Waals surface area (Å²) >= 11 is 6.03. The number of hydrogen-bond donors (Lipinski definition) is 0. The van der Waals surface area contributed by atoms with Crippen LogP contribution in [0.5, 0.6) is 0 Å². The van der Waals surface area contributed by atoms with E-state index in [1.807, 2.05) is 0 Å². The lowest BCUT2D eigenvalue weighted by molar-refractivity contribution is 0.0312. The number of morpholine rings is 1. The summed E-state index contributed by atoms with van der Waals surface area (Å²) in [6, 6.07) is 2.34. The molecule has 0 saturated carbocycles. The number of halogens is 2. The second-order valence-corrected chi connectivity index (χ2v) is 8.62. The van der Waals surface area contributed by atoms with E-state index >= 15 is 0 Å². The maximum Gasteiger partial charge on any atom is 0.244 e. The van der Waals surface area contributed by atoms with Crippen molar-refractivity contribution in [2.24, 2.45) is 0 Å². The Hall–Kier alpha value is -0.730. The van der Waals surface area contributed by atoms with Crippen molar-refractivity contribution in [1.82, 2.24) is 9.21 Å². The number of nitrogens with zero attached hydrogens (tertiary/aromatic N) is 2. The zero-order chi connectivity index (χ0) is 17.3. The summed E-state index contributed by atoms with van der Waals surface area (Å²) in [4.78, 5) is 2.23. The third-order valence-electron chi connectivity index (χ3n) is 4.70. The maximum absolute atomic E-state index is 13.6. The highest BCUT2D eigenvalue weighted by molar-refractivity contribution is 7.89. The lowest BCUT2D eigenvalue weighted by atomic mass is 10.2. The average molecular weight is 377 g/mol. The number of hydrogen-bond acceptors (Lipinski definition) is 4. The van der Waals surface area contributed by atoms with Crippen LogP contribution >= 0.6 is 11.6 Å². The standard InChI is InChI=1S/C16H22ClFN2O3S/c1-12-9-16(14(17)10-15(12)18)24(21,22)20-4-2-3-13(20)11-19-5-7-23-8-6-19/h9-10,13H,2-8,11H2,1H3. The highest BCUT2D eigenvalue weighted by Crippen LogP contribution is 2.32. The highest BCUT2D eigenvalue weighted by atomic mass is 35.5. The van der Waals surface area contributed by atoms with Crippen LogP contribution in [0.25, 0.3) is 0 Å². The van der Waals surface area contributed by atoms with Crippen LogP contribution < -0.4 is 0 Å². The number of sulfonamides is 1. The van der Waals surface area contributed by atoms with Crippen LogP contribution in [0.1, 0.15) is 18.4 Å². The van der Waals surface area contributed by atoms with Crippen LogP contribution in [0.2, 0.25) is 5.02 Å². The van der Waals surface area contributed by atoms with Crippen LogP contribution in [0, 0.1) is 12.7 Å². The molecule has 0 N–H and O–H groups in total. The van der Waals surface area contributed by atoms with Gasteiger partial charge in [-0.3, -0.25) is 4.90 Å². The van der Waals surface area contributed by atoms with Crippen LogP contribution in [0.15, 0.2) is 17.0 Å². The smallest absolute Gasteiger partial charge is 0.244 e. The quantitative estimate of drug-likeness (QED) is 0.809. The molecule has 2 aliphatic rings. The Balaban J connectivity index is 1.84. The minimum absolute atomic E-state index is 0.00283. The Morgan fingerprint density at radius 2 is 2.00 bits per heavy atom. The van der Waals surface area contributed by atoms with Crippen molar-refractivity contribution in [2.75, 3.05) is 39.4 Å². The van der Waals surface area contributed by atoms with E-state index in [1.165, 1.54) is 10.4 Å². The molecule has 8 heteroatoms. The Morgan fingerprint density at radius 1 is 1.29 bits per heavy atom. The number of ether oxygens (including phenoxy) is 1. The normalized spacial score (nSPS) is 23.7. The van der Waals surface area contributed by atoms with Gasteiger partial charge in [0.2, 0.25) is 10.0 Å². The summed E-state index contributed by atoms with van der Waals surface area (Å²) in [7, 11) is -3.73. The maximum atomic E-state index is 13.6. The zero-order valence-electron chi connectivity index (χ0n) is 13.7. The summed E-state index contributed by atoms with van der Waals surface area (Å²) < 4.78 is 46.6. The molecule has 1 atom stereocenters. The second kappa shape index (κ2) is 7.25. The Morgan fingerprint density at radius 3 is 2.71 bits per heavy atom. The van der Waals surface area contributed by atoms with Gasteiger partial charge < -0.3 is 4.74 Å². The van der Waals surface area contributed by atoms with Gasteiger partial charge in [0.1, 0.15) is 10.7 Å². The minimum atomic E-state index is -3.73. The van der Waals surface area contributed by atoms with Gasteiger partial charge in [0.15, 0.2) is 0 Å². The molecule has 5 nitrogen and oxygen atoms in total. The summed E-state index contributed by atoms with van der Waals surface area (Å²) in [5.41, 5.74) is 0.280. The van der Waals surface area contributed by atoms with Crippen LogP contribution in [-0.4, -0.2) is 63.1 Å². The van der Waals surface area contributed by atoms with Crippen molar-refractivity contribution < 1.29 is 17.5 Å². The molecule has 0 aliphatic carbocycles. The van der Waals surface area contributed by atoms with Crippen molar-refractivity contribution in [1.29, 1.82) is 0 Å². The van der Waals surface area contributed by atoms with Crippen LogP contribution in [0.4, 0.5) is 4.39 Å². The topological polar surface area (TPSA) is 49.9 Å². The van der Waals surface area contributed by atoms with Gasteiger partial charge in [-0.1, -0.05) is 11.6 Å². The SMILES string of the molecule is Cc1cc(S(=O)(=O)N2CCCC2CN2CCOCC2)c(Cl)cc1F. The van der Waals surface area contributed by atoms with Crippen molar-refractivity contribution in [3.05, 3.63) is 28.5 Å². The Bertz CT molecular complexity index is 708. The molecule has 3 rings (SSSR count). The van der Waals surface area contributed by atoms with E-state index in [4.69, 9.17) is 16.3 Å². The van der Waals surface area contributed by atoms with E-state index in [2.05, 4.69) is 4.90 Å². The molecule has 134 valence electrons. The molecule has 2 aliphatic heterocycles. The summed E-state index contributed by atoms with van der Waals surface area (Å²) in [5, 5.41) is -0.0601. The first-order valence-electron chi connectivity index (χ1n) is 8.17. The fraction of sp³-hybridized carbons (Fsp3) is 0.625. The van der Waals surface area contributed by atoms with Crippen molar-refractivity contribution in [3.8, 4) is 0 Å². The van der Waals surface area contributed by atoms with Crippen molar-refractivity contribution in [2.45, 2.75) is 30.7 Å². The van der Waals surface area contributed by atoms with Gasteiger partial charge in [-0.25, -0.2) is 12.8 Å². The van der Waals surface area contributed by atoms with E-state index < -0.39 is 15.8 Å². The van der Waals surface area contributed by atoms with E-state index in [9.17, 15) is 12.8 Å². The third kappa shape index (κ3) is 3.60. The fourth-order valence-corrected chi connectivity index (χ4v) is 5.61. The monoisotopic (exact) mass is 376 g/mol. The Labute approximate surface area is 147 Å². The largest absolute Gasteiger partial charge is 0.379 e. The van der Waals surface area contributed by atoms with Crippen LogP contribution in [-0.2, 0) is 14.8 Å². The molecule has 0 amide bonds. The summed E-state index contributed by atoms with van der Waals surface area (Å²) in [5.74, 6) is -0.495. The minimum Gasteiger partial charge on any atom is -0.379 e. The molecule has 0 aromatic heterocycles. The number of rotatable bonds is 4. The third-order valence-corrected chi connectivity index (χ3v) is 7.11. The second-order valence-electron chi connectivity index (χ2n) is 6.36. The van der Waals surface area contributed by atoms with Gasteiger partial charge >= 0.3 is 0 Å². The van der Waals surface area contributed by atoms with Crippen molar-refractivity contribution >= 4 is 21.6 Å². The van der Waals surface area contributed by atoms with E-state index in [-0.39, 0.29) is 21.5 Å². The molecular formula is C16H22ClFN2O3S. The van der Waals surface area contributed by atoms with Gasteiger partial charge in [0.25, 0.3) is 0 Å². The molecule has 0 spiro atoms. The van der Waals surface area contributed by atoms with E-state index in [0.717, 1.165) is 32.0 Å². The molecule has 1 unspecified atom stereocenters. The zero-order valence-corrected chi connectivity index (χ0v) is 15.2. The first kappa shape index (κ1) is 18.1. The molecule has 2 fully saturated rings. The van der Waals surface area contributed by atoms with Crippen molar-refractivity contribution in [3.63, 3.8) is 0 Å². The molecule has 2 heterocycles.